The molecule has 30 heavy (non-hydrogen) atoms. The van der Waals surface area contributed by atoms with Crippen molar-refractivity contribution in [3.05, 3.63) is 60.4 Å². The molecule has 0 spiro atoms. The van der Waals surface area contributed by atoms with Gasteiger partial charge in [0.1, 0.15) is 5.82 Å². The Bertz CT molecular complexity index is 1010. The first-order chi connectivity index (χ1) is 14.6. The molecule has 2 heterocycles. The number of urea groups is 1. The second-order valence-corrected chi connectivity index (χ2v) is 7.37. The van der Waals surface area contributed by atoms with Crippen LogP contribution in [-0.2, 0) is 4.79 Å². The van der Waals surface area contributed by atoms with Crippen LogP contribution in [0.5, 0.6) is 0 Å². The molecule has 4 rings (SSSR count). The van der Waals surface area contributed by atoms with Gasteiger partial charge in [-0.15, -0.1) is 0 Å². The maximum absolute atomic E-state index is 12.6. The highest BCUT2D eigenvalue weighted by atomic mass is 16.2. The number of aryl methyl sites for hydroxylation is 1. The van der Waals surface area contributed by atoms with Gasteiger partial charge in [0, 0.05) is 35.9 Å². The fourth-order valence-corrected chi connectivity index (χ4v) is 3.49. The van der Waals surface area contributed by atoms with Crippen molar-refractivity contribution < 1.29 is 9.59 Å². The van der Waals surface area contributed by atoms with Crippen molar-refractivity contribution in [2.24, 2.45) is 5.92 Å². The smallest absolute Gasteiger partial charge is 0.321 e. The molecule has 0 unspecified atom stereocenters. The van der Waals surface area contributed by atoms with Crippen molar-refractivity contribution in [1.82, 2.24) is 20.1 Å². The Morgan fingerprint density at radius 3 is 2.27 bits per heavy atom. The normalized spacial score (nSPS) is 14.4. The number of benzene rings is 2. The van der Waals surface area contributed by atoms with Crippen molar-refractivity contribution in [2.45, 2.75) is 19.8 Å². The molecule has 0 bridgehead atoms. The molecule has 1 fully saturated rings. The third kappa shape index (κ3) is 4.65. The molecular weight excluding hydrogens is 380 g/mol. The zero-order valence-corrected chi connectivity index (χ0v) is 16.8. The lowest BCUT2D eigenvalue weighted by Gasteiger charge is -2.31. The van der Waals surface area contributed by atoms with Gasteiger partial charge in [0.25, 0.3) is 0 Å². The number of anilines is 2. The number of piperidine rings is 1. The van der Waals surface area contributed by atoms with Crippen molar-refractivity contribution >= 4 is 23.3 Å². The van der Waals surface area contributed by atoms with Gasteiger partial charge < -0.3 is 15.5 Å². The number of aromatic amines is 1. The van der Waals surface area contributed by atoms with Crippen molar-refractivity contribution in [3.8, 4) is 11.4 Å². The number of rotatable bonds is 4. The van der Waals surface area contributed by atoms with Crippen LogP contribution in [0.25, 0.3) is 11.4 Å². The zero-order chi connectivity index (χ0) is 20.9. The summed E-state index contributed by atoms with van der Waals surface area (Å²) in [5.41, 5.74) is 2.39. The summed E-state index contributed by atoms with van der Waals surface area (Å²) in [5, 5.41) is 12.8. The fourth-order valence-electron chi connectivity index (χ4n) is 3.49. The molecule has 0 radical (unpaired) electrons. The highest BCUT2D eigenvalue weighted by Crippen LogP contribution is 2.22. The van der Waals surface area contributed by atoms with E-state index in [0.29, 0.717) is 31.8 Å². The molecule has 0 aliphatic carbocycles. The lowest BCUT2D eigenvalue weighted by Crippen LogP contribution is -2.43. The number of amides is 3. The molecule has 3 aromatic rings. The predicted octanol–water partition coefficient (Wildman–Crippen LogP) is 3.66. The minimum absolute atomic E-state index is 0.0143. The molecule has 2 aromatic carbocycles. The minimum atomic E-state index is -0.127. The number of likely N-dealkylation sites (tertiary alicyclic amines) is 1. The third-order valence-electron chi connectivity index (χ3n) is 5.19. The van der Waals surface area contributed by atoms with E-state index >= 15 is 0 Å². The van der Waals surface area contributed by atoms with Gasteiger partial charge >= 0.3 is 6.03 Å². The average Bonchev–Trinajstić information content (AvgIpc) is 3.21. The molecule has 0 saturated carbocycles. The Balaban J connectivity index is 1.27. The van der Waals surface area contributed by atoms with E-state index in [1.165, 1.54) is 0 Å². The summed E-state index contributed by atoms with van der Waals surface area (Å²) in [6.45, 7) is 2.96. The Kier molecular flexibility index (Phi) is 5.74. The first-order valence-corrected chi connectivity index (χ1v) is 10.00. The summed E-state index contributed by atoms with van der Waals surface area (Å²) >= 11 is 0. The standard InChI is InChI=1S/C22H24N6O2/c1-15-23-20(27-26-15)16-7-9-19(10-8-16)24-21(29)17-11-13-28(14-12-17)22(30)25-18-5-3-2-4-6-18/h2-10,17H,11-14H2,1H3,(H,24,29)(H,25,30)(H,23,26,27). The number of carbonyl (C=O) groups is 2. The first kappa shape index (κ1) is 19.6. The van der Waals surface area contributed by atoms with Crippen LogP contribution in [0.15, 0.2) is 54.6 Å². The Labute approximate surface area is 174 Å². The Morgan fingerprint density at radius 1 is 0.967 bits per heavy atom. The van der Waals surface area contributed by atoms with Gasteiger partial charge in [-0.05, 0) is 56.2 Å². The number of hydrogen-bond donors (Lipinski definition) is 3. The van der Waals surface area contributed by atoms with Crippen LogP contribution in [0.2, 0.25) is 0 Å². The summed E-state index contributed by atoms with van der Waals surface area (Å²) in [7, 11) is 0. The summed E-state index contributed by atoms with van der Waals surface area (Å²) in [6, 6.07) is 16.7. The molecule has 1 aromatic heterocycles. The van der Waals surface area contributed by atoms with Crippen molar-refractivity contribution in [3.63, 3.8) is 0 Å². The SMILES string of the molecule is Cc1nc(-c2ccc(NC(=O)C3CCN(C(=O)Nc4ccccc4)CC3)cc2)n[nH]1. The molecule has 1 saturated heterocycles. The molecule has 8 nitrogen and oxygen atoms in total. The maximum atomic E-state index is 12.6. The van der Waals surface area contributed by atoms with Gasteiger partial charge in [-0.1, -0.05) is 18.2 Å². The number of nitrogens with zero attached hydrogens (tertiary/aromatic N) is 3. The number of H-pyrrole nitrogens is 1. The topological polar surface area (TPSA) is 103 Å². The first-order valence-electron chi connectivity index (χ1n) is 10.00. The van der Waals surface area contributed by atoms with Crippen LogP contribution in [0, 0.1) is 12.8 Å². The number of nitrogens with one attached hydrogen (secondary N) is 3. The van der Waals surface area contributed by atoms with Crippen molar-refractivity contribution in [1.29, 1.82) is 0 Å². The van der Waals surface area contributed by atoms with Gasteiger partial charge in [-0.3, -0.25) is 9.89 Å². The van der Waals surface area contributed by atoms with E-state index in [4.69, 9.17) is 0 Å². The van der Waals surface area contributed by atoms with E-state index < -0.39 is 0 Å². The van der Waals surface area contributed by atoms with Gasteiger partial charge in [0.05, 0.1) is 0 Å². The molecule has 1 aliphatic heterocycles. The molecule has 8 heteroatoms. The largest absolute Gasteiger partial charge is 0.326 e. The van der Waals surface area contributed by atoms with E-state index in [1.54, 1.807) is 4.90 Å². The van der Waals surface area contributed by atoms with E-state index in [0.717, 1.165) is 22.8 Å². The maximum Gasteiger partial charge on any atom is 0.321 e. The third-order valence-corrected chi connectivity index (χ3v) is 5.19. The van der Waals surface area contributed by atoms with Crippen molar-refractivity contribution in [2.75, 3.05) is 23.7 Å². The summed E-state index contributed by atoms with van der Waals surface area (Å²) in [5.74, 6) is 1.26. The molecule has 3 N–H and O–H groups in total. The zero-order valence-electron chi connectivity index (χ0n) is 16.8. The summed E-state index contributed by atoms with van der Waals surface area (Å²) in [6.07, 6.45) is 1.28. The summed E-state index contributed by atoms with van der Waals surface area (Å²) < 4.78 is 0. The quantitative estimate of drug-likeness (QED) is 0.617. The second-order valence-electron chi connectivity index (χ2n) is 7.37. The van der Waals surface area contributed by atoms with Crippen LogP contribution in [0.3, 0.4) is 0 Å². The van der Waals surface area contributed by atoms with Crippen LogP contribution in [0.4, 0.5) is 16.2 Å². The van der Waals surface area contributed by atoms with Crippen LogP contribution < -0.4 is 10.6 Å². The molecule has 0 atom stereocenters. The molecule has 154 valence electrons. The average molecular weight is 404 g/mol. The monoisotopic (exact) mass is 404 g/mol. The lowest BCUT2D eigenvalue weighted by atomic mass is 9.96. The highest BCUT2D eigenvalue weighted by Gasteiger charge is 2.27. The number of carbonyl (C=O) groups excluding carboxylic acids is 2. The number of para-hydroxylation sites is 1. The Morgan fingerprint density at radius 2 is 1.63 bits per heavy atom. The van der Waals surface area contributed by atoms with E-state index in [-0.39, 0.29) is 17.9 Å². The predicted molar refractivity (Wildman–Crippen MR) is 115 cm³/mol. The molecule has 1 aliphatic rings. The number of hydrogen-bond acceptors (Lipinski definition) is 4. The van der Waals surface area contributed by atoms with Crippen LogP contribution >= 0.6 is 0 Å². The number of aromatic nitrogens is 3. The van der Waals surface area contributed by atoms with E-state index in [1.807, 2.05) is 61.5 Å². The Hall–Kier alpha value is -3.68. The highest BCUT2D eigenvalue weighted by molar-refractivity contribution is 5.93. The molecule has 3 amide bonds. The van der Waals surface area contributed by atoms with Crippen LogP contribution in [0.1, 0.15) is 18.7 Å². The molecular formula is C22H24N6O2. The van der Waals surface area contributed by atoms with Gasteiger partial charge in [-0.2, -0.15) is 5.10 Å². The van der Waals surface area contributed by atoms with E-state index in [9.17, 15) is 9.59 Å². The van der Waals surface area contributed by atoms with Crippen LogP contribution in [-0.4, -0.2) is 45.1 Å². The van der Waals surface area contributed by atoms with E-state index in [2.05, 4.69) is 25.8 Å². The summed E-state index contributed by atoms with van der Waals surface area (Å²) in [4.78, 5) is 31.1. The minimum Gasteiger partial charge on any atom is -0.326 e. The van der Waals surface area contributed by atoms with Gasteiger partial charge in [0.2, 0.25) is 5.91 Å². The second kappa shape index (κ2) is 8.77. The van der Waals surface area contributed by atoms with Gasteiger partial charge in [0.15, 0.2) is 5.82 Å². The fraction of sp³-hybridized carbons (Fsp3) is 0.273. The lowest BCUT2D eigenvalue weighted by molar-refractivity contribution is -0.121. The van der Waals surface area contributed by atoms with Gasteiger partial charge in [-0.25, -0.2) is 9.78 Å².